The lowest BCUT2D eigenvalue weighted by atomic mass is 10.2. The van der Waals surface area contributed by atoms with Crippen molar-refractivity contribution in [2.24, 2.45) is 5.92 Å². The van der Waals surface area contributed by atoms with Gasteiger partial charge in [0, 0.05) is 0 Å². The first-order chi connectivity index (χ1) is 5.79. The molecule has 1 heteroatoms. The Morgan fingerprint density at radius 2 is 1.83 bits per heavy atom. The molecule has 0 aliphatic carbocycles. The Morgan fingerprint density at radius 3 is 2.42 bits per heavy atom. The van der Waals surface area contributed by atoms with Crippen LogP contribution in [0.4, 0.5) is 0 Å². The van der Waals surface area contributed by atoms with Crippen LogP contribution in [0.2, 0.25) is 5.28 Å². The van der Waals surface area contributed by atoms with E-state index >= 15 is 0 Å². The van der Waals surface area contributed by atoms with Gasteiger partial charge in [0.1, 0.15) is 0 Å². The molecule has 0 saturated carbocycles. The molecule has 0 aliphatic heterocycles. The molecule has 0 unspecified atom stereocenters. The van der Waals surface area contributed by atoms with Gasteiger partial charge in [-0.05, 0) is 0 Å². The molecule has 0 N–H and O–H groups in total. The van der Waals surface area contributed by atoms with Gasteiger partial charge in [-0.15, -0.1) is 0 Å². The third-order valence-electron chi connectivity index (χ3n) is 2.09. The van der Waals surface area contributed by atoms with Gasteiger partial charge in [0.05, 0.1) is 0 Å². The monoisotopic (exact) mass is 176 g/mol. The molecule has 0 nitrogen and oxygen atoms in total. The fraction of sp³-hybridized carbons (Fsp3) is 0.455. The Kier molecular flexibility index (Phi) is 4.43. The molecular formula is C11H17Al. The van der Waals surface area contributed by atoms with Gasteiger partial charge in [-0.2, -0.15) is 0 Å². The van der Waals surface area contributed by atoms with Gasteiger partial charge in [0.2, 0.25) is 15.2 Å². The van der Waals surface area contributed by atoms with Gasteiger partial charge in [0.15, 0.2) is 0 Å². The summed E-state index contributed by atoms with van der Waals surface area (Å²) in [6.45, 7) is 4.63. The third-order valence-corrected chi connectivity index (χ3v) is 4.58. The second-order valence-corrected chi connectivity index (χ2v) is 5.56. The van der Waals surface area contributed by atoms with Crippen LogP contribution in [-0.4, -0.2) is 15.2 Å². The molecule has 0 saturated heterocycles. The zero-order valence-electron chi connectivity index (χ0n) is 8.09. The van der Waals surface area contributed by atoms with Gasteiger partial charge in [0.25, 0.3) is 0 Å². The fourth-order valence-corrected chi connectivity index (χ4v) is 3.12. The van der Waals surface area contributed by atoms with Gasteiger partial charge >= 0.3 is 0 Å². The largest absolute Gasteiger partial charge is 0.243 e. The summed E-state index contributed by atoms with van der Waals surface area (Å²) in [4.78, 5) is 0. The van der Waals surface area contributed by atoms with E-state index in [2.05, 4.69) is 44.2 Å². The van der Waals surface area contributed by atoms with Crippen molar-refractivity contribution in [3.8, 4) is 0 Å². The minimum atomic E-state index is 0.166. The van der Waals surface area contributed by atoms with Crippen molar-refractivity contribution < 1.29 is 0 Å². The predicted octanol–water partition coefficient (Wildman–Crippen LogP) is 2.70. The highest BCUT2D eigenvalue weighted by Gasteiger charge is 1.98. The van der Waals surface area contributed by atoms with Crippen LogP contribution >= 0.6 is 0 Å². The Bertz CT molecular complexity index is 204. The molecule has 0 heterocycles. The molecule has 0 radical (unpaired) electrons. The van der Waals surface area contributed by atoms with Crippen molar-refractivity contribution in [3.63, 3.8) is 0 Å². The summed E-state index contributed by atoms with van der Waals surface area (Å²) in [5, 5.41) is 2.86. The van der Waals surface area contributed by atoms with Crippen LogP contribution < -0.4 is 0 Å². The van der Waals surface area contributed by atoms with Crippen molar-refractivity contribution in [2.45, 2.75) is 24.4 Å². The average Bonchev–Trinajstić information content (AvgIpc) is 2.05. The van der Waals surface area contributed by atoms with E-state index in [1.165, 1.54) is 16.1 Å². The van der Waals surface area contributed by atoms with Crippen LogP contribution in [0.3, 0.4) is 0 Å². The molecule has 0 fully saturated rings. The summed E-state index contributed by atoms with van der Waals surface area (Å²) in [6.07, 6.45) is 0. The summed E-state index contributed by atoms with van der Waals surface area (Å²) in [7, 11) is 0. The maximum Gasteiger partial charge on any atom is 0.243 e. The lowest BCUT2D eigenvalue weighted by Gasteiger charge is -2.01. The van der Waals surface area contributed by atoms with Crippen LogP contribution in [0.15, 0.2) is 30.3 Å². The van der Waals surface area contributed by atoms with E-state index < -0.39 is 0 Å². The highest BCUT2D eigenvalue weighted by Crippen LogP contribution is 2.03. The van der Waals surface area contributed by atoms with Crippen molar-refractivity contribution in [3.05, 3.63) is 35.9 Å². The number of hydrogen-bond donors (Lipinski definition) is 0. The topological polar surface area (TPSA) is 0 Å². The van der Waals surface area contributed by atoms with Crippen molar-refractivity contribution in [2.75, 3.05) is 0 Å². The molecule has 1 aromatic rings. The normalized spacial score (nSPS) is 10.2. The van der Waals surface area contributed by atoms with Crippen LogP contribution in [-0.2, 0) is 5.28 Å². The Balaban J connectivity index is 2.25. The van der Waals surface area contributed by atoms with Crippen molar-refractivity contribution >= 4 is 15.2 Å². The summed E-state index contributed by atoms with van der Waals surface area (Å²) in [5.74, 6) is 0.903. The first-order valence-corrected chi connectivity index (χ1v) is 6.83. The predicted molar refractivity (Wildman–Crippen MR) is 56.9 cm³/mol. The maximum absolute atomic E-state index is 2.32. The van der Waals surface area contributed by atoms with Gasteiger partial charge in [-0.25, -0.2) is 0 Å². The minimum Gasteiger partial charge on any atom is -0.0947 e. The van der Waals surface area contributed by atoms with E-state index in [4.69, 9.17) is 0 Å². The molecule has 0 amide bonds. The molecule has 0 aliphatic rings. The fourth-order valence-electron chi connectivity index (χ4n) is 1.36. The van der Waals surface area contributed by atoms with Crippen LogP contribution in [0.1, 0.15) is 19.4 Å². The van der Waals surface area contributed by atoms with Gasteiger partial charge in [-0.1, -0.05) is 66.2 Å². The molecule has 0 spiro atoms. The molecule has 0 aromatic heterocycles. The van der Waals surface area contributed by atoms with Crippen LogP contribution in [0.25, 0.3) is 0 Å². The summed E-state index contributed by atoms with van der Waals surface area (Å²) < 4.78 is 0. The first kappa shape index (κ1) is 9.84. The second kappa shape index (κ2) is 5.41. The Labute approximate surface area is 81.7 Å². The van der Waals surface area contributed by atoms with Gasteiger partial charge in [-0.3, -0.25) is 0 Å². The zero-order valence-corrected chi connectivity index (χ0v) is 9.50. The second-order valence-electron chi connectivity index (χ2n) is 3.77. The molecule has 1 rings (SSSR count). The minimum absolute atomic E-state index is 0.166. The molecule has 0 bridgehead atoms. The SMILES string of the molecule is CC(C)[CH2][AlH][CH2]c1ccccc1. The Hall–Kier alpha value is -0.248. The summed E-state index contributed by atoms with van der Waals surface area (Å²) in [6, 6.07) is 10.9. The smallest absolute Gasteiger partial charge is 0.0947 e. The standard InChI is InChI=1S/C7H7.C4H9.Al.H/c1-7-5-3-2-4-6-7;1-4(2)3;;/h2-6H,1H2;4H,1H2,2-3H3;;. The van der Waals surface area contributed by atoms with E-state index in [-0.39, 0.29) is 15.2 Å². The average molecular weight is 176 g/mol. The van der Waals surface area contributed by atoms with Crippen molar-refractivity contribution in [1.29, 1.82) is 0 Å². The van der Waals surface area contributed by atoms with E-state index in [1.54, 1.807) is 0 Å². The quantitative estimate of drug-likeness (QED) is 0.619. The van der Waals surface area contributed by atoms with E-state index in [0.717, 1.165) is 5.92 Å². The molecule has 64 valence electrons. The van der Waals surface area contributed by atoms with Crippen LogP contribution in [0.5, 0.6) is 0 Å². The molecule has 0 atom stereocenters. The number of hydrogen-bond acceptors (Lipinski definition) is 0. The van der Waals surface area contributed by atoms with Crippen molar-refractivity contribution in [1.82, 2.24) is 0 Å². The number of benzene rings is 1. The molecule has 12 heavy (non-hydrogen) atoms. The summed E-state index contributed by atoms with van der Waals surface area (Å²) in [5.41, 5.74) is 1.53. The van der Waals surface area contributed by atoms with E-state index in [9.17, 15) is 0 Å². The van der Waals surface area contributed by atoms with Gasteiger partial charge < -0.3 is 0 Å². The highest BCUT2D eigenvalue weighted by atomic mass is 27.1. The lowest BCUT2D eigenvalue weighted by molar-refractivity contribution is 0.729. The molecule has 1 aromatic carbocycles. The van der Waals surface area contributed by atoms with E-state index in [0.29, 0.717) is 0 Å². The maximum atomic E-state index is 2.32. The first-order valence-electron chi connectivity index (χ1n) is 4.83. The highest BCUT2D eigenvalue weighted by molar-refractivity contribution is 6.34. The summed E-state index contributed by atoms with van der Waals surface area (Å²) >= 11 is 0.166. The van der Waals surface area contributed by atoms with Crippen LogP contribution in [0, 0.1) is 5.92 Å². The third kappa shape index (κ3) is 3.95. The zero-order chi connectivity index (χ0) is 8.81. The van der Waals surface area contributed by atoms with E-state index in [1.807, 2.05) is 0 Å². The number of rotatable bonds is 4. The Morgan fingerprint density at radius 1 is 1.17 bits per heavy atom. The lowest BCUT2D eigenvalue weighted by Crippen LogP contribution is -2.00. The molecular weight excluding hydrogens is 159 g/mol.